The molecule has 1 amide bonds. The summed E-state index contributed by atoms with van der Waals surface area (Å²) in [6.45, 7) is 1.09. The molecule has 0 saturated heterocycles. The number of hydrogen-bond donors (Lipinski definition) is 2. The van der Waals surface area contributed by atoms with Crippen LogP contribution in [0, 0.1) is 6.92 Å². The normalized spacial score (nSPS) is 11.3. The van der Waals surface area contributed by atoms with E-state index in [0.717, 1.165) is 11.3 Å². The van der Waals surface area contributed by atoms with E-state index >= 15 is 0 Å². The second-order valence-corrected chi connectivity index (χ2v) is 6.58. The predicted molar refractivity (Wildman–Crippen MR) is 69.9 cm³/mol. The van der Waals surface area contributed by atoms with Gasteiger partial charge in [0.25, 0.3) is 0 Å². The van der Waals surface area contributed by atoms with E-state index in [0.29, 0.717) is 5.56 Å². The van der Waals surface area contributed by atoms with E-state index in [1.807, 2.05) is 0 Å². The summed E-state index contributed by atoms with van der Waals surface area (Å²) in [5.41, 5.74) is 0.340. The fourth-order valence-corrected chi connectivity index (χ4v) is 3.90. The summed E-state index contributed by atoms with van der Waals surface area (Å²) in [5.74, 6) is -1.73. The van der Waals surface area contributed by atoms with E-state index in [-0.39, 0.29) is 9.77 Å². The van der Waals surface area contributed by atoms with Gasteiger partial charge < -0.3 is 10.0 Å². The summed E-state index contributed by atoms with van der Waals surface area (Å²) in [6, 6.07) is 0. The van der Waals surface area contributed by atoms with Crippen molar-refractivity contribution >= 4 is 33.2 Å². The molecule has 0 radical (unpaired) electrons. The van der Waals surface area contributed by atoms with Crippen LogP contribution in [0.15, 0.2) is 10.3 Å². The molecule has 1 heterocycles. The third-order valence-corrected chi connectivity index (χ3v) is 5.10. The van der Waals surface area contributed by atoms with Gasteiger partial charge in [0.2, 0.25) is 15.9 Å². The zero-order valence-corrected chi connectivity index (χ0v) is 12.3. The van der Waals surface area contributed by atoms with Gasteiger partial charge in [-0.2, -0.15) is 0 Å². The number of carboxylic acids is 1. The molecule has 0 aliphatic rings. The average Bonchev–Trinajstić information content (AvgIpc) is 2.68. The van der Waals surface area contributed by atoms with Crippen molar-refractivity contribution in [2.24, 2.45) is 0 Å². The highest BCUT2D eigenvalue weighted by molar-refractivity contribution is 7.89. The van der Waals surface area contributed by atoms with E-state index in [1.165, 1.54) is 31.3 Å². The maximum atomic E-state index is 12.0. The monoisotopic (exact) mass is 306 g/mol. The van der Waals surface area contributed by atoms with Gasteiger partial charge in [-0.15, -0.1) is 11.3 Å². The second kappa shape index (κ2) is 5.68. The second-order valence-electron chi connectivity index (χ2n) is 3.99. The highest BCUT2D eigenvalue weighted by atomic mass is 32.2. The molecule has 19 heavy (non-hydrogen) atoms. The summed E-state index contributed by atoms with van der Waals surface area (Å²) in [6.07, 6.45) is 0. The lowest BCUT2D eigenvalue weighted by Crippen LogP contribution is -2.36. The molecule has 0 fully saturated rings. The summed E-state index contributed by atoms with van der Waals surface area (Å²) in [4.78, 5) is 23.0. The van der Waals surface area contributed by atoms with Crippen LogP contribution >= 0.6 is 11.3 Å². The molecule has 106 valence electrons. The summed E-state index contributed by atoms with van der Waals surface area (Å²) in [5, 5.41) is 10.4. The molecule has 1 aromatic rings. The minimum absolute atomic E-state index is 0.262. The number of aryl methyl sites for hydroxylation is 1. The molecule has 0 aliphatic heterocycles. The summed E-state index contributed by atoms with van der Waals surface area (Å²) in [7, 11) is -1.03. The molecule has 0 bridgehead atoms. The van der Waals surface area contributed by atoms with Gasteiger partial charge in [0.05, 0.1) is 6.54 Å². The Hall–Kier alpha value is -1.45. The zero-order valence-electron chi connectivity index (χ0n) is 10.6. The number of carboxylic acid groups (broad SMARTS) is 1. The number of thiophene rings is 1. The van der Waals surface area contributed by atoms with E-state index in [4.69, 9.17) is 5.11 Å². The van der Waals surface area contributed by atoms with E-state index in [1.54, 1.807) is 0 Å². The van der Waals surface area contributed by atoms with Gasteiger partial charge in [0.1, 0.15) is 9.77 Å². The Labute approximate surface area is 114 Å². The number of hydrogen-bond acceptors (Lipinski definition) is 5. The maximum Gasteiger partial charge on any atom is 0.347 e. The molecule has 1 rings (SSSR count). The lowest BCUT2D eigenvalue weighted by Gasteiger charge is -2.11. The molecule has 0 atom stereocenters. The van der Waals surface area contributed by atoms with Gasteiger partial charge in [0, 0.05) is 14.1 Å². The molecule has 0 saturated carbocycles. The molecular formula is C10H14N2O5S2. The first kappa shape index (κ1) is 15.6. The minimum atomic E-state index is -4.02. The zero-order chi connectivity index (χ0) is 14.8. The molecule has 1 aromatic heterocycles. The van der Waals surface area contributed by atoms with Crippen LogP contribution in [0.1, 0.15) is 15.2 Å². The van der Waals surface area contributed by atoms with Crippen molar-refractivity contribution in [2.45, 2.75) is 11.8 Å². The van der Waals surface area contributed by atoms with Crippen molar-refractivity contribution in [3.63, 3.8) is 0 Å². The van der Waals surface area contributed by atoms with Gasteiger partial charge in [-0.3, -0.25) is 4.79 Å². The number of sulfonamides is 1. The fourth-order valence-electron chi connectivity index (χ4n) is 1.30. The number of aromatic carboxylic acids is 1. The largest absolute Gasteiger partial charge is 0.477 e. The minimum Gasteiger partial charge on any atom is -0.477 e. The molecule has 9 heteroatoms. The third kappa shape index (κ3) is 3.52. The molecule has 0 unspecified atom stereocenters. The quantitative estimate of drug-likeness (QED) is 0.804. The molecule has 0 spiro atoms. The number of carbonyl (C=O) groups excluding carboxylic acids is 1. The van der Waals surface area contributed by atoms with Crippen LogP contribution in [0.5, 0.6) is 0 Å². The van der Waals surface area contributed by atoms with Crippen LogP contribution in [0.3, 0.4) is 0 Å². The van der Waals surface area contributed by atoms with Gasteiger partial charge in [0.15, 0.2) is 0 Å². The summed E-state index contributed by atoms with van der Waals surface area (Å²) >= 11 is 0.838. The first-order valence-corrected chi connectivity index (χ1v) is 7.54. The molecular weight excluding hydrogens is 292 g/mol. The van der Waals surface area contributed by atoms with Crippen LogP contribution in [-0.2, 0) is 14.8 Å². The number of amides is 1. The highest BCUT2D eigenvalue weighted by Gasteiger charge is 2.27. The van der Waals surface area contributed by atoms with Crippen LogP contribution < -0.4 is 4.72 Å². The lowest BCUT2D eigenvalue weighted by molar-refractivity contribution is -0.127. The van der Waals surface area contributed by atoms with Crippen LogP contribution in [0.25, 0.3) is 0 Å². The number of rotatable bonds is 5. The number of carbonyl (C=O) groups is 2. The Morgan fingerprint density at radius 3 is 2.47 bits per heavy atom. The van der Waals surface area contributed by atoms with Crippen molar-refractivity contribution < 1.29 is 23.1 Å². The number of nitrogens with zero attached hydrogens (tertiary/aromatic N) is 1. The number of likely N-dealkylation sites (N-methyl/N-ethyl adjacent to an activating group) is 1. The van der Waals surface area contributed by atoms with Gasteiger partial charge >= 0.3 is 5.97 Å². The van der Waals surface area contributed by atoms with Crippen molar-refractivity contribution in [1.29, 1.82) is 0 Å². The molecule has 0 aromatic carbocycles. The Bertz CT molecular complexity index is 603. The van der Waals surface area contributed by atoms with Crippen molar-refractivity contribution in [3.8, 4) is 0 Å². The van der Waals surface area contributed by atoms with E-state index in [2.05, 4.69) is 4.72 Å². The Morgan fingerprint density at radius 2 is 2.00 bits per heavy atom. The Morgan fingerprint density at radius 1 is 1.42 bits per heavy atom. The number of nitrogens with one attached hydrogen (secondary N) is 1. The van der Waals surface area contributed by atoms with Crippen molar-refractivity contribution in [3.05, 3.63) is 15.8 Å². The van der Waals surface area contributed by atoms with Crippen LogP contribution in [0.4, 0.5) is 0 Å². The van der Waals surface area contributed by atoms with Gasteiger partial charge in [-0.25, -0.2) is 17.9 Å². The fraction of sp³-hybridized carbons (Fsp3) is 0.400. The molecule has 7 nitrogen and oxygen atoms in total. The first-order valence-electron chi connectivity index (χ1n) is 5.18. The van der Waals surface area contributed by atoms with E-state index in [9.17, 15) is 18.0 Å². The smallest absolute Gasteiger partial charge is 0.347 e. The lowest BCUT2D eigenvalue weighted by atomic mass is 10.3. The van der Waals surface area contributed by atoms with E-state index < -0.39 is 28.4 Å². The Balaban J connectivity index is 3.05. The van der Waals surface area contributed by atoms with Gasteiger partial charge in [-0.1, -0.05) is 0 Å². The SMILES string of the molecule is Cc1csc(C(=O)O)c1S(=O)(=O)NCC(=O)N(C)C. The average molecular weight is 306 g/mol. The molecule has 0 aliphatic carbocycles. The van der Waals surface area contributed by atoms with Gasteiger partial charge in [-0.05, 0) is 17.9 Å². The van der Waals surface area contributed by atoms with Crippen LogP contribution in [0.2, 0.25) is 0 Å². The molecule has 2 N–H and O–H groups in total. The third-order valence-electron chi connectivity index (χ3n) is 2.29. The summed E-state index contributed by atoms with van der Waals surface area (Å²) < 4.78 is 26.2. The first-order chi connectivity index (χ1) is 8.66. The standard InChI is InChI=1S/C10H14N2O5S2/c1-6-5-18-8(10(14)15)9(6)19(16,17)11-4-7(13)12(2)3/h5,11H,4H2,1-3H3,(H,14,15). The predicted octanol–water partition coefficient (Wildman–Crippen LogP) is 0.121. The topological polar surface area (TPSA) is 104 Å². The van der Waals surface area contributed by atoms with Crippen molar-refractivity contribution in [1.82, 2.24) is 9.62 Å². The maximum absolute atomic E-state index is 12.0. The Kier molecular flexibility index (Phi) is 4.66. The highest BCUT2D eigenvalue weighted by Crippen LogP contribution is 2.26. The van der Waals surface area contributed by atoms with Crippen LogP contribution in [-0.4, -0.2) is 50.9 Å². The van der Waals surface area contributed by atoms with Crippen molar-refractivity contribution in [2.75, 3.05) is 20.6 Å².